The molecule has 176 valence electrons. The van der Waals surface area contributed by atoms with E-state index in [0.29, 0.717) is 16.8 Å². The van der Waals surface area contributed by atoms with E-state index in [0.717, 1.165) is 11.3 Å². The van der Waals surface area contributed by atoms with E-state index < -0.39 is 5.91 Å². The van der Waals surface area contributed by atoms with E-state index in [-0.39, 0.29) is 41.4 Å². The number of rotatable bonds is 9. The largest absolute Gasteiger partial charge is 0.385 e. The van der Waals surface area contributed by atoms with Crippen molar-refractivity contribution in [3.8, 4) is 11.3 Å². The van der Waals surface area contributed by atoms with Gasteiger partial charge in [0.2, 0.25) is 11.8 Å². The Balaban J connectivity index is 1.67. The maximum Gasteiger partial charge on any atom is 0.254 e. The van der Waals surface area contributed by atoms with Gasteiger partial charge < -0.3 is 21.3 Å². The Hall–Kier alpha value is -4.47. The van der Waals surface area contributed by atoms with Crippen molar-refractivity contribution < 1.29 is 14.1 Å². The zero-order chi connectivity index (χ0) is 24.8. The summed E-state index contributed by atoms with van der Waals surface area (Å²) in [5, 5.41) is 17.9. The van der Waals surface area contributed by atoms with Crippen LogP contribution in [0.2, 0.25) is 0 Å². The Kier molecular flexibility index (Phi) is 7.42. The van der Waals surface area contributed by atoms with Gasteiger partial charge in [0, 0.05) is 35.1 Å². The molecule has 3 rings (SSSR count). The molecule has 0 fully saturated rings. The van der Waals surface area contributed by atoms with Crippen molar-refractivity contribution in [2.45, 2.75) is 33.2 Å². The van der Waals surface area contributed by atoms with Crippen molar-refractivity contribution in [3.05, 3.63) is 76.9 Å². The van der Waals surface area contributed by atoms with Crippen LogP contribution in [-0.2, 0) is 16.0 Å². The number of nitrogens with two attached hydrogens (primary N) is 2. The van der Waals surface area contributed by atoms with Crippen LogP contribution in [0.25, 0.3) is 11.3 Å². The first kappa shape index (κ1) is 24.2. The number of aromatic nitrogens is 2. The second-order valence-electron chi connectivity index (χ2n) is 7.96. The van der Waals surface area contributed by atoms with Gasteiger partial charge in [0.05, 0.1) is 12.1 Å². The lowest BCUT2D eigenvalue weighted by Gasteiger charge is -2.15. The number of amides is 2. The number of nitrogens with one attached hydrogen (secondary N) is 3. The Morgan fingerprint density at radius 1 is 1.15 bits per heavy atom. The molecule has 0 aliphatic heterocycles. The highest BCUT2D eigenvalue weighted by molar-refractivity contribution is 6.26. The number of nitrogens with zero attached hydrogens (tertiary/aromatic N) is 2. The van der Waals surface area contributed by atoms with E-state index in [9.17, 15) is 9.59 Å². The van der Waals surface area contributed by atoms with Gasteiger partial charge in [-0.05, 0) is 38.5 Å². The summed E-state index contributed by atoms with van der Waals surface area (Å²) in [4.78, 5) is 28.5. The molecule has 0 unspecified atom stereocenters. The lowest BCUT2D eigenvalue weighted by atomic mass is 9.99. The minimum absolute atomic E-state index is 0.0307. The lowest BCUT2D eigenvalue weighted by molar-refractivity contribution is -0.116. The molecule has 10 heteroatoms. The fourth-order valence-electron chi connectivity index (χ4n) is 3.29. The Labute approximate surface area is 196 Å². The third-order valence-corrected chi connectivity index (χ3v) is 4.87. The molecule has 0 saturated heterocycles. The molecular weight excluding hydrogens is 434 g/mol. The van der Waals surface area contributed by atoms with Gasteiger partial charge in [0.25, 0.3) is 5.91 Å². The molecule has 7 N–H and O–H groups in total. The Morgan fingerprint density at radius 3 is 2.47 bits per heavy atom. The fourth-order valence-corrected chi connectivity index (χ4v) is 3.29. The summed E-state index contributed by atoms with van der Waals surface area (Å²) in [6, 6.07) is 11.9. The van der Waals surface area contributed by atoms with Crippen molar-refractivity contribution >= 4 is 23.4 Å². The molecule has 1 aromatic carbocycles. The second-order valence-corrected chi connectivity index (χ2v) is 7.96. The quantitative estimate of drug-likeness (QED) is 0.240. The molecule has 0 aliphatic carbocycles. The summed E-state index contributed by atoms with van der Waals surface area (Å²) >= 11 is 0. The topological polar surface area (TPSA) is 173 Å². The van der Waals surface area contributed by atoms with Crippen LogP contribution < -0.4 is 22.1 Å². The molecule has 2 amide bonds. The van der Waals surface area contributed by atoms with Crippen LogP contribution in [0.4, 0.5) is 5.88 Å². The smallest absolute Gasteiger partial charge is 0.254 e. The standard InChI is InChI=1S/C24H27N7O3/c1-13(2)29-23(26)21(24(27)33)22(25)16-8-6-15(7-9-16)11-19(32)30-20-12-18(31-34-20)17-5-4-10-28-14(17)3/h4-10,12-13,25,29H,11,26H2,1-3H3,(H2,27,33)(H,30,32)/b23-21+,25-22?. The van der Waals surface area contributed by atoms with E-state index in [1.165, 1.54) is 0 Å². The van der Waals surface area contributed by atoms with E-state index in [4.69, 9.17) is 21.4 Å². The molecule has 2 aromatic heterocycles. The summed E-state index contributed by atoms with van der Waals surface area (Å²) in [6.45, 7) is 5.58. The van der Waals surface area contributed by atoms with Crippen LogP contribution in [0.5, 0.6) is 0 Å². The van der Waals surface area contributed by atoms with E-state index in [2.05, 4.69) is 20.8 Å². The van der Waals surface area contributed by atoms with Crippen molar-refractivity contribution in [1.29, 1.82) is 5.41 Å². The maximum atomic E-state index is 12.5. The zero-order valence-electron chi connectivity index (χ0n) is 19.2. The average molecular weight is 462 g/mol. The molecule has 10 nitrogen and oxygen atoms in total. The van der Waals surface area contributed by atoms with E-state index >= 15 is 0 Å². The summed E-state index contributed by atoms with van der Waals surface area (Å²) in [5.74, 6) is -0.821. The maximum absolute atomic E-state index is 12.5. The van der Waals surface area contributed by atoms with Gasteiger partial charge in [-0.25, -0.2) is 0 Å². The third-order valence-electron chi connectivity index (χ3n) is 4.87. The fraction of sp³-hybridized carbons (Fsp3) is 0.208. The van der Waals surface area contributed by atoms with Crippen molar-refractivity contribution in [2.75, 3.05) is 5.32 Å². The molecular formula is C24H27N7O3. The molecule has 34 heavy (non-hydrogen) atoms. The SMILES string of the molecule is Cc1ncccc1-c1cc(NC(=O)Cc2ccc(C(=N)/C(C(N)=O)=C(/N)NC(C)C)cc2)on1. The molecule has 0 spiro atoms. The third kappa shape index (κ3) is 5.85. The van der Waals surface area contributed by atoms with Gasteiger partial charge in [0.15, 0.2) is 0 Å². The highest BCUT2D eigenvalue weighted by Gasteiger charge is 2.19. The molecule has 2 heterocycles. The number of hydrogen-bond donors (Lipinski definition) is 5. The van der Waals surface area contributed by atoms with E-state index in [1.54, 1.807) is 42.6 Å². The molecule has 0 bridgehead atoms. The van der Waals surface area contributed by atoms with Crippen molar-refractivity contribution in [3.63, 3.8) is 0 Å². The van der Waals surface area contributed by atoms with Gasteiger partial charge in [-0.2, -0.15) is 0 Å². The number of pyridine rings is 1. The van der Waals surface area contributed by atoms with Gasteiger partial charge in [0.1, 0.15) is 17.1 Å². The number of carbonyl (C=O) groups is 2. The predicted octanol–water partition coefficient (Wildman–Crippen LogP) is 2.25. The second kappa shape index (κ2) is 10.4. The molecule has 0 radical (unpaired) electrons. The van der Waals surface area contributed by atoms with Gasteiger partial charge in [-0.1, -0.05) is 29.4 Å². The minimum Gasteiger partial charge on any atom is -0.385 e. The predicted molar refractivity (Wildman–Crippen MR) is 129 cm³/mol. The first-order valence-electron chi connectivity index (χ1n) is 10.6. The Bertz CT molecular complexity index is 1240. The lowest BCUT2D eigenvalue weighted by Crippen LogP contribution is -2.34. The first-order chi connectivity index (χ1) is 16.2. The summed E-state index contributed by atoms with van der Waals surface area (Å²) in [7, 11) is 0. The summed E-state index contributed by atoms with van der Waals surface area (Å²) in [6.07, 6.45) is 1.77. The monoisotopic (exact) mass is 461 g/mol. The average Bonchev–Trinajstić information content (AvgIpc) is 3.21. The van der Waals surface area contributed by atoms with Crippen LogP contribution in [0.15, 0.2) is 64.6 Å². The number of benzene rings is 1. The summed E-state index contributed by atoms with van der Waals surface area (Å²) < 4.78 is 5.23. The number of primary amides is 1. The van der Waals surface area contributed by atoms with Gasteiger partial charge in [-0.3, -0.25) is 25.3 Å². The number of carbonyl (C=O) groups excluding carboxylic acids is 2. The highest BCUT2D eigenvalue weighted by Crippen LogP contribution is 2.23. The number of anilines is 1. The summed E-state index contributed by atoms with van der Waals surface area (Å²) in [5.41, 5.74) is 14.5. The van der Waals surface area contributed by atoms with Crippen molar-refractivity contribution in [1.82, 2.24) is 15.5 Å². The van der Waals surface area contributed by atoms with Crippen LogP contribution >= 0.6 is 0 Å². The van der Waals surface area contributed by atoms with Crippen LogP contribution in [0, 0.1) is 12.3 Å². The molecule has 0 saturated carbocycles. The van der Waals surface area contributed by atoms with Crippen molar-refractivity contribution in [2.24, 2.45) is 11.5 Å². The van der Waals surface area contributed by atoms with Crippen LogP contribution in [0.1, 0.15) is 30.7 Å². The first-order valence-corrected chi connectivity index (χ1v) is 10.6. The van der Waals surface area contributed by atoms with Gasteiger partial charge in [-0.15, -0.1) is 0 Å². The molecule has 3 aromatic rings. The normalized spacial score (nSPS) is 11.6. The van der Waals surface area contributed by atoms with Gasteiger partial charge >= 0.3 is 0 Å². The van der Waals surface area contributed by atoms with Crippen LogP contribution in [0.3, 0.4) is 0 Å². The number of hydrogen-bond acceptors (Lipinski definition) is 8. The minimum atomic E-state index is -0.799. The highest BCUT2D eigenvalue weighted by atomic mass is 16.5. The number of aryl methyl sites for hydroxylation is 1. The Morgan fingerprint density at radius 2 is 1.85 bits per heavy atom. The molecule has 0 aliphatic rings. The van der Waals surface area contributed by atoms with E-state index in [1.807, 2.05) is 26.8 Å². The van der Waals surface area contributed by atoms with Crippen LogP contribution in [-0.4, -0.2) is 33.7 Å². The zero-order valence-corrected chi connectivity index (χ0v) is 19.2. The molecule has 0 atom stereocenters.